The first kappa shape index (κ1) is 16.4. The molecule has 0 aliphatic heterocycles. The Morgan fingerprint density at radius 3 is 2.52 bits per heavy atom. The van der Waals surface area contributed by atoms with E-state index in [0.29, 0.717) is 5.69 Å². The van der Waals surface area contributed by atoms with Crippen LogP contribution in [0.2, 0.25) is 0 Å². The quantitative estimate of drug-likeness (QED) is 0.596. The second-order valence-corrected chi connectivity index (χ2v) is 4.31. The summed E-state index contributed by atoms with van der Waals surface area (Å²) in [5.41, 5.74) is 5.70. The Balaban J connectivity index is 2.74. The molecule has 1 aromatic rings. The molecule has 0 unspecified atom stereocenters. The van der Waals surface area contributed by atoms with Crippen molar-refractivity contribution < 1.29 is 19.5 Å². The molecule has 7 nitrogen and oxygen atoms in total. The second-order valence-electron chi connectivity index (χ2n) is 4.31. The number of nitrogens with two attached hydrogens (primary N) is 1. The van der Waals surface area contributed by atoms with Crippen LogP contribution in [-0.4, -0.2) is 47.4 Å². The lowest BCUT2D eigenvalue weighted by atomic mass is 10.1. The lowest BCUT2D eigenvalue weighted by molar-refractivity contribution is -0.138. The molecule has 0 saturated carbocycles. The Morgan fingerprint density at radius 2 is 1.95 bits per heavy atom. The molecule has 1 rings (SSSR count). The molecule has 0 saturated heterocycles. The van der Waals surface area contributed by atoms with E-state index in [4.69, 9.17) is 10.8 Å². The van der Waals surface area contributed by atoms with Crippen LogP contribution in [0.1, 0.15) is 10.4 Å². The van der Waals surface area contributed by atoms with Gasteiger partial charge in [-0.05, 0) is 12.1 Å². The Labute approximate surface area is 122 Å². The van der Waals surface area contributed by atoms with Gasteiger partial charge in [0.15, 0.2) is 0 Å². The summed E-state index contributed by atoms with van der Waals surface area (Å²) in [5.74, 6) is -2.13. The molecule has 1 aromatic carbocycles. The van der Waals surface area contributed by atoms with Crippen LogP contribution in [0.3, 0.4) is 0 Å². The number of anilines is 1. The van der Waals surface area contributed by atoms with Crippen LogP contribution in [0, 0.1) is 0 Å². The number of benzene rings is 1. The third-order valence-electron chi connectivity index (χ3n) is 2.58. The highest BCUT2D eigenvalue weighted by Crippen LogP contribution is 2.14. The third-order valence-corrected chi connectivity index (χ3v) is 2.58. The summed E-state index contributed by atoms with van der Waals surface area (Å²) < 4.78 is 0. The highest BCUT2D eigenvalue weighted by Gasteiger charge is 2.15. The summed E-state index contributed by atoms with van der Waals surface area (Å²) >= 11 is 0. The molecule has 0 spiro atoms. The van der Waals surface area contributed by atoms with Crippen LogP contribution in [0.4, 0.5) is 5.69 Å². The van der Waals surface area contributed by atoms with E-state index >= 15 is 0 Å². The van der Waals surface area contributed by atoms with Gasteiger partial charge >= 0.3 is 5.97 Å². The number of hydrogen-bond donors (Lipinski definition) is 3. The van der Waals surface area contributed by atoms with Crippen molar-refractivity contribution in [1.29, 1.82) is 0 Å². The van der Waals surface area contributed by atoms with E-state index in [0.717, 1.165) is 0 Å². The van der Waals surface area contributed by atoms with Crippen molar-refractivity contribution in [3.05, 3.63) is 42.5 Å². The van der Waals surface area contributed by atoms with E-state index in [1.54, 1.807) is 18.2 Å². The number of carbonyl (C=O) groups is 3. The first-order valence-electron chi connectivity index (χ1n) is 6.17. The Hall–Kier alpha value is -2.67. The van der Waals surface area contributed by atoms with Crippen molar-refractivity contribution in [1.82, 2.24) is 4.90 Å². The summed E-state index contributed by atoms with van der Waals surface area (Å²) in [6.45, 7) is 3.36. The molecular formula is C14H17N3O4. The molecule has 0 atom stereocenters. The minimum absolute atomic E-state index is 0.134. The molecule has 2 amide bonds. The van der Waals surface area contributed by atoms with Gasteiger partial charge in [-0.1, -0.05) is 18.2 Å². The number of primary amides is 1. The summed E-state index contributed by atoms with van der Waals surface area (Å²) in [6.07, 6.45) is 1.51. The van der Waals surface area contributed by atoms with Crippen LogP contribution in [0.5, 0.6) is 0 Å². The first-order chi connectivity index (χ1) is 9.93. The molecule has 0 aliphatic carbocycles. The fourth-order valence-electron chi connectivity index (χ4n) is 1.76. The third kappa shape index (κ3) is 5.45. The van der Waals surface area contributed by atoms with E-state index in [-0.39, 0.29) is 25.2 Å². The van der Waals surface area contributed by atoms with Crippen LogP contribution >= 0.6 is 0 Å². The number of carboxylic acid groups (broad SMARTS) is 1. The van der Waals surface area contributed by atoms with Gasteiger partial charge in [0.1, 0.15) is 0 Å². The average Bonchev–Trinajstić information content (AvgIpc) is 2.38. The van der Waals surface area contributed by atoms with E-state index in [9.17, 15) is 14.4 Å². The van der Waals surface area contributed by atoms with Crippen molar-refractivity contribution in [2.24, 2.45) is 5.73 Å². The molecule has 4 N–H and O–H groups in total. The standard InChI is InChI=1S/C14H17N3O4/c1-2-7-17(9-13(19)20)8-12(18)16-11-6-4-3-5-10(11)14(15)21/h2-6H,1,7-9H2,(H2,15,21)(H,16,18)(H,19,20). The lowest BCUT2D eigenvalue weighted by Crippen LogP contribution is -2.37. The predicted octanol–water partition coefficient (Wildman–Crippen LogP) is 0.297. The summed E-state index contributed by atoms with van der Waals surface area (Å²) in [7, 11) is 0. The van der Waals surface area contributed by atoms with Crippen molar-refractivity contribution in [3.63, 3.8) is 0 Å². The molecule has 112 valence electrons. The van der Waals surface area contributed by atoms with Crippen molar-refractivity contribution in [2.45, 2.75) is 0 Å². The maximum absolute atomic E-state index is 11.9. The number of para-hydroxylation sites is 1. The largest absolute Gasteiger partial charge is 0.480 e. The zero-order chi connectivity index (χ0) is 15.8. The monoisotopic (exact) mass is 291 g/mol. The predicted molar refractivity (Wildman–Crippen MR) is 77.9 cm³/mol. The van der Waals surface area contributed by atoms with E-state index < -0.39 is 17.8 Å². The van der Waals surface area contributed by atoms with E-state index in [1.165, 1.54) is 17.0 Å². The molecule has 7 heteroatoms. The number of aliphatic carboxylic acids is 1. The number of carboxylic acids is 1. The number of amides is 2. The van der Waals surface area contributed by atoms with Crippen molar-refractivity contribution in [2.75, 3.05) is 25.0 Å². The van der Waals surface area contributed by atoms with Gasteiger partial charge in [0.25, 0.3) is 5.91 Å². The van der Waals surface area contributed by atoms with Gasteiger partial charge in [-0.2, -0.15) is 0 Å². The minimum Gasteiger partial charge on any atom is -0.480 e. The molecule has 0 aliphatic rings. The highest BCUT2D eigenvalue weighted by atomic mass is 16.4. The van der Waals surface area contributed by atoms with E-state index in [1.807, 2.05) is 0 Å². The fraction of sp³-hybridized carbons (Fsp3) is 0.214. The van der Waals surface area contributed by atoms with Crippen LogP contribution < -0.4 is 11.1 Å². The minimum atomic E-state index is -1.04. The number of hydrogen-bond acceptors (Lipinski definition) is 4. The van der Waals surface area contributed by atoms with Gasteiger partial charge < -0.3 is 16.2 Å². The van der Waals surface area contributed by atoms with Crippen LogP contribution in [-0.2, 0) is 9.59 Å². The van der Waals surface area contributed by atoms with Crippen molar-refractivity contribution in [3.8, 4) is 0 Å². The van der Waals surface area contributed by atoms with E-state index in [2.05, 4.69) is 11.9 Å². The Bertz CT molecular complexity index is 557. The maximum Gasteiger partial charge on any atom is 0.317 e. The zero-order valence-electron chi connectivity index (χ0n) is 11.4. The van der Waals surface area contributed by atoms with Crippen LogP contribution in [0.15, 0.2) is 36.9 Å². The molecule has 0 aromatic heterocycles. The summed E-state index contributed by atoms with van der Waals surface area (Å²) in [6, 6.07) is 6.33. The molecule has 21 heavy (non-hydrogen) atoms. The number of nitrogens with zero attached hydrogens (tertiary/aromatic N) is 1. The smallest absolute Gasteiger partial charge is 0.317 e. The topological polar surface area (TPSA) is 113 Å². The van der Waals surface area contributed by atoms with Gasteiger partial charge in [0.05, 0.1) is 24.3 Å². The zero-order valence-corrected chi connectivity index (χ0v) is 11.4. The summed E-state index contributed by atoms with van der Waals surface area (Å²) in [5, 5.41) is 11.3. The molecule has 0 radical (unpaired) electrons. The van der Waals surface area contributed by atoms with Gasteiger partial charge in [-0.15, -0.1) is 6.58 Å². The number of nitrogens with one attached hydrogen (secondary N) is 1. The molecule has 0 fully saturated rings. The van der Waals surface area contributed by atoms with Gasteiger partial charge in [-0.3, -0.25) is 19.3 Å². The van der Waals surface area contributed by atoms with Gasteiger partial charge in [0.2, 0.25) is 5.91 Å². The SMILES string of the molecule is C=CCN(CC(=O)O)CC(=O)Nc1ccccc1C(N)=O. The molecule has 0 bridgehead atoms. The molecule has 0 heterocycles. The highest BCUT2D eigenvalue weighted by molar-refractivity contribution is 6.03. The Kier molecular flexibility index (Phi) is 6.09. The summed E-state index contributed by atoms with van der Waals surface area (Å²) in [4.78, 5) is 35.3. The lowest BCUT2D eigenvalue weighted by Gasteiger charge is -2.18. The molecular weight excluding hydrogens is 274 g/mol. The van der Waals surface area contributed by atoms with Gasteiger partial charge in [0, 0.05) is 6.54 Å². The van der Waals surface area contributed by atoms with Gasteiger partial charge in [-0.25, -0.2) is 0 Å². The number of carbonyl (C=O) groups excluding carboxylic acids is 2. The average molecular weight is 291 g/mol. The second kappa shape index (κ2) is 7.81. The fourth-order valence-corrected chi connectivity index (χ4v) is 1.76. The Morgan fingerprint density at radius 1 is 1.29 bits per heavy atom. The first-order valence-corrected chi connectivity index (χ1v) is 6.17. The maximum atomic E-state index is 11.9. The number of rotatable bonds is 8. The van der Waals surface area contributed by atoms with Crippen LogP contribution in [0.25, 0.3) is 0 Å². The van der Waals surface area contributed by atoms with Crippen molar-refractivity contribution >= 4 is 23.5 Å². The normalized spacial score (nSPS) is 10.1.